The Balaban J connectivity index is 0.00000180. The van der Waals surface area contributed by atoms with Crippen LogP contribution in [0, 0.1) is 0 Å². The molecule has 0 radical (unpaired) electrons. The van der Waals surface area contributed by atoms with Crippen molar-refractivity contribution in [1.29, 1.82) is 0 Å². The van der Waals surface area contributed by atoms with E-state index in [0.29, 0.717) is 0 Å². The Bertz CT molecular complexity index is 778. The van der Waals surface area contributed by atoms with E-state index in [1.165, 1.54) is 0 Å². The summed E-state index contributed by atoms with van der Waals surface area (Å²) in [4.78, 5) is 11.2. The molecule has 0 spiro atoms. The number of hydrogen-bond donors (Lipinski definition) is 2. The Morgan fingerprint density at radius 3 is 2.47 bits per heavy atom. The molecular formula is C10H7NaO7S. The quantitative estimate of drug-likeness (QED) is 0.342. The predicted molar refractivity (Wildman–Crippen MR) is 58.8 cm³/mol. The second-order valence-corrected chi connectivity index (χ2v) is 5.09. The van der Waals surface area contributed by atoms with E-state index in [1.807, 2.05) is 0 Å². The second-order valence-electron chi connectivity index (χ2n) is 3.63. The van der Waals surface area contributed by atoms with Crippen molar-refractivity contribution in [2.75, 3.05) is 0 Å². The summed E-state index contributed by atoms with van der Waals surface area (Å²) in [7, 11) is -4.35. The van der Waals surface area contributed by atoms with Crippen LogP contribution in [0.25, 0.3) is 11.0 Å². The summed E-state index contributed by atoms with van der Waals surface area (Å²) < 4.78 is 35.1. The van der Waals surface area contributed by atoms with Crippen molar-refractivity contribution in [3.63, 3.8) is 0 Å². The SMILES string of the molecule is O=c1cc(CS(=O)(=O)O)c2cc([O-])c(O)cc2o1.[Na+]. The second kappa shape index (κ2) is 5.51. The molecule has 0 atom stereocenters. The maximum atomic E-state index is 11.3. The first-order valence-corrected chi connectivity index (χ1v) is 6.29. The Kier molecular flexibility index (Phi) is 4.64. The smallest absolute Gasteiger partial charge is 0.870 e. The number of rotatable bonds is 2. The van der Waals surface area contributed by atoms with Crippen molar-refractivity contribution in [3.05, 3.63) is 34.2 Å². The topological polar surface area (TPSA) is 128 Å². The molecule has 19 heavy (non-hydrogen) atoms. The summed E-state index contributed by atoms with van der Waals surface area (Å²) in [6, 6.07) is 2.73. The Morgan fingerprint density at radius 2 is 1.89 bits per heavy atom. The minimum atomic E-state index is -4.35. The van der Waals surface area contributed by atoms with Crippen LogP contribution in [0.4, 0.5) is 0 Å². The van der Waals surface area contributed by atoms with Crippen LogP contribution in [0.5, 0.6) is 11.5 Å². The molecule has 0 amide bonds. The van der Waals surface area contributed by atoms with Crippen molar-refractivity contribution >= 4 is 21.1 Å². The number of phenolic OH excluding ortho intramolecular Hbond substituents is 1. The summed E-state index contributed by atoms with van der Waals surface area (Å²) in [5.74, 6) is -2.18. The van der Waals surface area contributed by atoms with Gasteiger partial charge in [-0.1, -0.05) is 11.8 Å². The van der Waals surface area contributed by atoms with Gasteiger partial charge in [-0.15, -0.1) is 0 Å². The van der Waals surface area contributed by atoms with Crippen molar-refractivity contribution in [2.45, 2.75) is 5.75 Å². The molecule has 7 nitrogen and oxygen atoms in total. The van der Waals surface area contributed by atoms with Crippen molar-refractivity contribution in [2.24, 2.45) is 0 Å². The van der Waals surface area contributed by atoms with Gasteiger partial charge in [-0.3, -0.25) is 4.55 Å². The zero-order chi connectivity index (χ0) is 13.5. The molecule has 2 rings (SSSR count). The maximum Gasteiger partial charge on any atom is 1.00 e. The van der Waals surface area contributed by atoms with Crippen LogP contribution >= 0.6 is 0 Å². The number of benzene rings is 1. The predicted octanol–water partition coefficient (Wildman–Crippen LogP) is -3.04. The van der Waals surface area contributed by atoms with E-state index in [9.17, 15) is 23.4 Å². The number of phenols is 1. The van der Waals surface area contributed by atoms with Crippen LogP contribution in [0.1, 0.15) is 5.56 Å². The number of fused-ring (bicyclic) bond motifs is 1. The number of aromatic hydroxyl groups is 1. The first-order chi connectivity index (χ1) is 8.26. The average Bonchev–Trinajstić information content (AvgIpc) is 2.18. The Labute approximate surface area is 129 Å². The first-order valence-electron chi connectivity index (χ1n) is 4.68. The van der Waals surface area contributed by atoms with Gasteiger partial charge in [0.15, 0.2) is 0 Å². The maximum absolute atomic E-state index is 11.3. The van der Waals surface area contributed by atoms with Gasteiger partial charge in [0.25, 0.3) is 10.1 Å². The van der Waals surface area contributed by atoms with E-state index < -0.39 is 33.0 Å². The average molecular weight is 294 g/mol. The molecule has 0 saturated heterocycles. The van der Waals surface area contributed by atoms with E-state index in [4.69, 9.17) is 8.97 Å². The minimum absolute atomic E-state index is 0. The van der Waals surface area contributed by atoms with Gasteiger partial charge >= 0.3 is 35.2 Å². The molecule has 0 unspecified atom stereocenters. The van der Waals surface area contributed by atoms with E-state index in [0.717, 1.165) is 18.2 Å². The van der Waals surface area contributed by atoms with Crippen LogP contribution in [0.2, 0.25) is 0 Å². The van der Waals surface area contributed by atoms with Crippen LogP contribution in [-0.2, 0) is 15.9 Å². The van der Waals surface area contributed by atoms with Gasteiger partial charge in [0, 0.05) is 17.5 Å². The van der Waals surface area contributed by atoms with E-state index >= 15 is 0 Å². The fourth-order valence-corrected chi connectivity index (χ4v) is 2.19. The fourth-order valence-electron chi connectivity index (χ4n) is 1.56. The third-order valence-electron chi connectivity index (χ3n) is 2.25. The molecule has 96 valence electrons. The minimum Gasteiger partial charge on any atom is -0.870 e. The Hall–Kier alpha value is -1.06. The standard InChI is InChI=1S/C10H8O7S.Na/c11-7-2-6-5(4-18(14,15)16)1-10(13)17-9(6)3-8(7)12;/h1-3,11-12H,4H2,(H,14,15,16);/q;+1/p-1. The summed E-state index contributed by atoms with van der Waals surface area (Å²) in [5.41, 5.74) is -1.04. The molecule has 2 aromatic rings. The van der Waals surface area contributed by atoms with Gasteiger partial charge in [0.05, 0.1) is 0 Å². The van der Waals surface area contributed by atoms with Gasteiger partial charge in [0.1, 0.15) is 17.1 Å². The van der Waals surface area contributed by atoms with Gasteiger partial charge in [-0.05, 0) is 5.56 Å². The van der Waals surface area contributed by atoms with Gasteiger partial charge in [0.2, 0.25) is 0 Å². The molecule has 1 aromatic heterocycles. The van der Waals surface area contributed by atoms with E-state index in [2.05, 4.69) is 0 Å². The normalized spacial score (nSPS) is 11.2. The van der Waals surface area contributed by atoms with Crippen molar-refractivity contribution in [1.82, 2.24) is 0 Å². The summed E-state index contributed by atoms with van der Waals surface area (Å²) in [6.07, 6.45) is 0. The molecule has 2 N–H and O–H groups in total. The van der Waals surface area contributed by atoms with Crippen LogP contribution < -0.4 is 40.3 Å². The van der Waals surface area contributed by atoms with Crippen molar-refractivity contribution < 1.29 is 57.2 Å². The Morgan fingerprint density at radius 1 is 1.26 bits per heavy atom. The number of hydrogen-bond acceptors (Lipinski definition) is 6. The summed E-state index contributed by atoms with van der Waals surface area (Å²) >= 11 is 0. The molecule has 0 bridgehead atoms. The van der Waals surface area contributed by atoms with Gasteiger partial charge < -0.3 is 14.6 Å². The van der Waals surface area contributed by atoms with E-state index in [-0.39, 0.29) is 46.1 Å². The molecular weight excluding hydrogens is 287 g/mol. The molecule has 0 aliphatic rings. The molecule has 9 heteroatoms. The van der Waals surface area contributed by atoms with Crippen molar-refractivity contribution in [3.8, 4) is 11.5 Å². The molecule has 0 aliphatic heterocycles. The zero-order valence-corrected chi connectivity index (χ0v) is 12.6. The molecule has 1 heterocycles. The van der Waals surface area contributed by atoms with E-state index in [1.54, 1.807) is 0 Å². The molecule has 0 saturated carbocycles. The zero-order valence-electron chi connectivity index (χ0n) is 9.78. The monoisotopic (exact) mass is 294 g/mol. The molecule has 0 aliphatic carbocycles. The fraction of sp³-hybridized carbons (Fsp3) is 0.100. The summed E-state index contributed by atoms with van der Waals surface area (Å²) in [6.45, 7) is 0. The third-order valence-corrected chi connectivity index (χ3v) is 2.92. The largest absolute Gasteiger partial charge is 1.00 e. The van der Waals surface area contributed by atoms with Crippen LogP contribution in [0.3, 0.4) is 0 Å². The molecule has 1 aromatic carbocycles. The van der Waals surface area contributed by atoms with Crippen LogP contribution in [0.15, 0.2) is 27.4 Å². The third kappa shape index (κ3) is 3.71. The summed E-state index contributed by atoms with van der Waals surface area (Å²) in [5, 5.41) is 20.5. The van der Waals surface area contributed by atoms with Gasteiger partial charge in [-0.25, -0.2) is 4.79 Å². The van der Waals surface area contributed by atoms with Gasteiger partial charge in [-0.2, -0.15) is 8.42 Å². The van der Waals surface area contributed by atoms with Crippen LogP contribution in [-0.4, -0.2) is 18.1 Å². The first kappa shape index (κ1) is 16.0. The molecule has 0 fully saturated rings.